The summed E-state index contributed by atoms with van der Waals surface area (Å²) in [5.74, 6) is -1.23. The van der Waals surface area contributed by atoms with Gasteiger partial charge in [0.05, 0.1) is 35.5 Å². The Balaban J connectivity index is 1.57. The molecule has 1 atom stereocenters. The van der Waals surface area contributed by atoms with Crippen molar-refractivity contribution in [3.05, 3.63) is 65.2 Å². The first-order chi connectivity index (χ1) is 13.7. The van der Waals surface area contributed by atoms with Crippen molar-refractivity contribution in [2.24, 2.45) is 7.05 Å². The van der Waals surface area contributed by atoms with Crippen LogP contribution in [0.3, 0.4) is 0 Å². The van der Waals surface area contributed by atoms with Gasteiger partial charge in [0, 0.05) is 20.1 Å². The number of carbonyl (C=O) groups is 1. The van der Waals surface area contributed by atoms with Crippen molar-refractivity contribution in [3.63, 3.8) is 0 Å². The topological polar surface area (TPSA) is 50.2 Å². The largest absolute Gasteiger partial charge is 0.416 e. The Morgan fingerprint density at radius 2 is 2.00 bits per heavy atom. The fraction of sp³-hybridized carbons (Fsp3) is 0.300. The molecular formula is C20H18F4N4O. The molecule has 3 aromatic rings. The fourth-order valence-corrected chi connectivity index (χ4v) is 3.57. The van der Waals surface area contributed by atoms with E-state index in [0.717, 1.165) is 28.7 Å². The summed E-state index contributed by atoms with van der Waals surface area (Å²) in [5.41, 5.74) is 1.77. The zero-order valence-electron chi connectivity index (χ0n) is 15.5. The Hall–Kier alpha value is -2.94. The number of benzene rings is 2. The monoisotopic (exact) mass is 406 g/mol. The molecule has 0 unspecified atom stereocenters. The summed E-state index contributed by atoms with van der Waals surface area (Å²) in [5, 5.41) is 3.15. The van der Waals surface area contributed by atoms with E-state index in [1.807, 2.05) is 29.8 Å². The molecule has 5 nitrogen and oxygen atoms in total. The molecule has 1 aliphatic rings. The van der Waals surface area contributed by atoms with E-state index in [9.17, 15) is 22.4 Å². The molecule has 1 fully saturated rings. The number of aryl methyl sites for hydroxylation is 1. The van der Waals surface area contributed by atoms with Crippen molar-refractivity contribution in [1.82, 2.24) is 19.8 Å². The first-order valence-electron chi connectivity index (χ1n) is 8.99. The van der Waals surface area contributed by atoms with E-state index in [1.165, 1.54) is 4.90 Å². The second-order valence-electron chi connectivity index (χ2n) is 7.16. The van der Waals surface area contributed by atoms with E-state index >= 15 is 0 Å². The number of fused-ring (bicyclic) bond motifs is 1. The first kappa shape index (κ1) is 19.4. The summed E-state index contributed by atoms with van der Waals surface area (Å²) < 4.78 is 54.4. The maximum atomic E-state index is 13.7. The molecule has 9 heteroatoms. The van der Waals surface area contributed by atoms with Crippen LogP contribution in [-0.2, 0) is 24.6 Å². The molecule has 2 heterocycles. The number of amides is 1. The Morgan fingerprint density at radius 1 is 1.21 bits per heavy atom. The van der Waals surface area contributed by atoms with Gasteiger partial charge in [0.2, 0.25) is 5.91 Å². The number of nitrogens with zero attached hydrogens (tertiary/aromatic N) is 3. The summed E-state index contributed by atoms with van der Waals surface area (Å²) in [4.78, 5) is 18.0. The highest BCUT2D eigenvalue weighted by atomic mass is 19.4. The zero-order valence-corrected chi connectivity index (χ0v) is 15.5. The predicted octanol–water partition coefficient (Wildman–Crippen LogP) is 3.40. The van der Waals surface area contributed by atoms with Gasteiger partial charge < -0.3 is 9.47 Å². The van der Waals surface area contributed by atoms with Crippen LogP contribution in [-0.4, -0.2) is 33.4 Å². The van der Waals surface area contributed by atoms with Gasteiger partial charge in [-0.2, -0.15) is 13.2 Å². The maximum Gasteiger partial charge on any atom is 0.416 e. The lowest BCUT2D eigenvalue weighted by atomic mass is 10.0. The lowest BCUT2D eigenvalue weighted by Crippen LogP contribution is -2.49. The molecule has 0 aliphatic carbocycles. The van der Waals surface area contributed by atoms with Gasteiger partial charge in [-0.15, -0.1) is 0 Å². The van der Waals surface area contributed by atoms with Crippen LogP contribution in [0.5, 0.6) is 0 Å². The van der Waals surface area contributed by atoms with Crippen LogP contribution in [0.4, 0.5) is 17.6 Å². The Kier molecular flexibility index (Phi) is 4.77. The average molecular weight is 406 g/mol. The number of alkyl halides is 3. The number of rotatable bonds is 3. The molecular weight excluding hydrogens is 388 g/mol. The molecule has 4 rings (SSSR count). The van der Waals surface area contributed by atoms with Crippen molar-refractivity contribution in [2.75, 3.05) is 13.1 Å². The Morgan fingerprint density at radius 3 is 2.76 bits per heavy atom. The number of imidazole rings is 1. The summed E-state index contributed by atoms with van der Waals surface area (Å²) in [6.07, 6.45) is -2.94. The van der Waals surface area contributed by atoms with E-state index in [0.29, 0.717) is 6.07 Å². The van der Waals surface area contributed by atoms with Gasteiger partial charge in [0.15, 0.2) is 0 Å². The summed E-state index contributed by atoms with van der Waals surface area (Å²) in [7, 11) is 1.88. The SMILES string of the molecule is Cn1cnc2ccc([C@@H]3CN(Cc4cc(F)cc(C(F)(F)F)c4)C(=O)CN3)cc21. The van der Waals surface area contributed by atoms with Gasteiger partial charge >= 0.3 is 6.18 Å². The average Bonchev–Trinajstić information content (AvgIpc) is 3.03. The van der Waals surface area contributed by atoms with E-state index in [-0.39, 0.29) is 37.1 Å². The molecule has 29 heavy (non-hydrogen) atoms. The molecule has 1 aromatic heterocycles. The fourth-order valence-electron chi connectivity index (χ4n) is 3.57. The second kappa shape index (κ2) is 7.14. The van der Waals surface area contributed by atoms with E-state index in [4.69, 9.17) is 0 Å². The van der Waals surface area contributed by atoms with Gasteiger partial charge in [-0.1, -0.05) is 6.07 Å². The molecule has 1 amide bonds. The highest BCUT2D eigenvalue weighted by Gasteiger charge is 2.32. The quantitative estimate of drug-likeness (QED) is 0.679. The normalized spacial score (nSPS) is 17.9. The third kappa shape index (κ3) is 3.95. The highest BCUT2D eigenvalue weighted by Crippen LogP contribution is 2.31. The van der Waals surface area contributed by atoms with Crippen LogP contribution in [0.15, 0.2) is 42.7 Å². The Labute approximate surface area is 163 Å². The van der Waals surface area contributed by atoms with Gasteiger partial charge in [0.1, 0.15) is 5.82 Å². The van der Waals surface area contributed by atoms with Crippen LogP contribution >= 0.6 is 0 Å². The molecule has 0 spiro atoms. The van der Waals surface area contributed by atoms with Crippen molar-refractivity contribution in [3.8, 4) is 0 Å². The van der Waals surface area contributed by atoms with Crippen molar-refractivity contribution < 1.29 is 22.4 Å². The number of piperazine rings is 1. The van der Waals surface area contributed by atoms with Crippen molar-refractivity contribution in [2.45, 2.75) is 18.8 Å². The molecule has 1 saturated heterocycles. The minimum atomic E-state index is -4.65. The van der Waals surface area contributed by atoms with Crippen LogP contribution in [0.1, 0.15) is 22.7 Å². The summed E-state index contributed by atoms with van der Waals surface area (Å²) in [6, 6.07) is 7.94. The zero-order chi connectivity index (χ0) is 20.8. The summed E-state index contributed by atoms with van der Waals surface area (Å²) >= 11 is 0. The number of nitrogens with one attached hydrogen (secondary N) is 1. The van der Waals surface area contributed by atoms with Crippen molar-refractivity contribution in [1.29, 1.82) is 0 Å². The standard InChI is InChI=1S/C20H18F4N4O/c1-27-11-26-16-3-2-13(6-18(16)27)17-10-28(19(29)8-25-17)9-12-4-14(20(22,23)24)7-15(21)5-12/h2-7,11,17,25H,8-10H2,1H3/t17-/m0/s1. The van der Waals surface area contributed by atoms with Crippen LogP contribution in [0.25, 0.3) is 11.0 Å². The van der Waals surface area contributed by atoms with Gasteiger partial charge in [-0.05, 0) is 41.5 Å². The third-order valence-electron chi connectivity index (χ3n) is 5.07. The third-order valence-corrected chi connectivity index (χ3v) is 5.07. The molecule has 1 aliphatic heterocycles. The van der Waals surface area contributed by atoms with Crippen LogP contribution < -0.4 is 5.32 Å². The predicted molar refractivity (Wildman–Crippen MR) is 98.3 cm³/mol. The summed E-state index contributed by atoms with van der Waals surface area (Å²) in [6.45, 7) is 0.224. The van der Waals surface area contributed by atoms with Gasteiger partial charge in [0.25, 0.3) is 0 Å². The highest BCUT2D eigenvalue weighted by molar-refractivity contribution is 5.80. The lowest BCUT2D eigenvalue weighted by molar-refractivity contribution is -0.137. The number of aromatic nitrogens is 2. The van der Waals surface area contributed by atoms with E-state index in [1.54, 1.807) is 6.33 Å². The molecule has 0 bridgehead atoms. The molecule has 0 radical (unpaired) electrons. The molecule has 152 valence electrons. The number of carbonyl (C=O) groups excluding carboxylic acids is 1. The lowest BCUT2D eigenvalue weighted by Gasteiger charge is -2.34. The van der Waals surface area contributed by atoms with Crippen LogP contribution in [0.2, 0.25) is 0 Å². The minimum Gasteiger partial charge on any atom is -0.335 e. The number of hydrogen-bond acceptors (Lipinski definition) is 3. The van der Waals surface area contributed by atoms with E-state index in [2.05, 4.69) is 10.3 Å². The Bertz CT molecular complexity index is 1080. The smallest absolute Gasteiger partial charge is 0.335 e. The van der Waals surface area contributed by atoms with E-state index < -0.39 is 17.6 Å². The number of halogens is 4. The molecule has 2 aromatic carbocycles. The second-order valence-corrected chi connectivity index (χ2v) is 7.16. The van der Waals surface area contributed by atoms with Gasteiger partial charge in [-0.3, -0.25) is 10.1 Å². The first-order valence-corrected chi connectivity index (χ1v) is 8.99. The molecule has 1 N–H and O–H groups in total. The van der Waals surface area contributed by atoms with Crippen LogP contribution in [0, 0.1) is 5.82 Å². The number of hydrogen-bond donors (Lipinski definition) is 1. The van der Waals surface area contributed by atoms with Crippen molar-refractivity contribution >= 4 is 16.9 Å². The van der Waals surface area contributed by atoms with Gasteiger partial charge in [-0.25, -0.2) is 9.37 Å². The maximum absolute atomic E-state index is 13.7. The minimum absolute atomic E-state index is 0.0511. The molecule has 0 saturated carbocycles.